The van der Waals surface area contributed by atoms with Crippen LogP contribution in [0.25, 0.3) is 10.8 Å². The second-order valence-corrected chi connectivity index (χ2v) is 5.04. The highest BCUT2D eigenvalue weighted by molar-refractivity contribution is 6.08. The van der Waals surface area contributed by atoms with E-state index in [1.165, 1.54) is 0 Å². The lowest BCUT2D eigenvalue weighted by molar-refractivity contribution is 0.102. The van der Waals surface area contributed by atoms with Gasteiger partial charge in [0.2, 0.25) is 0 Å². The molecule has 1 heterocycles. The van der Waals surface area contributed by atoms with Crippen molar-refractivity contribution in [1.29, 1.82) is 0 Å². The molecule has 0 spiro atoms. The number of nitrogens with zero attached hydrogens (tertiary/aromatic N) is 1. The number of aryl methyl sites for hydroxylation is 1. The quantitative estimate of drug-likeness (QED) is 0.798. The summed E-state index contributed by atoms with van der Waals surface area (Å²) in [4.78, 5) is 16.7. The molecule has 0 radical (unpaired) electrons. The number of pyridine rings is 1. The molecule has 4 nitrogen and oxygen atoms in total. The summed E-state index contributed by atoms with van der Waals surface area (Å²) in [6.07, 6.45) is 1.67. The van der Waals surface area contributed by atoms with E-state index in [2.05, 4.69) is 10.3 Å². The zero-order valence-electron chi connectivity index (χ0n) is 12.5. The van der Waals surface area contributed by atoms with Gasteiger partial charge in [-0.2, -0.15) is 0 Å². The molecule has 0 aliphatic heterocycles. The van der Waals surface area contributed by atoms with Gasteiger partial charge in [-0.15, -0.1) is 0 Å². The molecular formula is C18H16N2O2. The summed E-state index contributed by atoms with van der Waals surface area (Å²) in [5.74, 6) is 0.357. The van der Waals surface area contributed by atoms with E-state index in [0.717, 1.165) is 16.5 Å². The Morgan fingerprint density at radius 1 is 1.09 bits per heavy atom. The lowest BCUT2D eigenvalue weighted by Gasteiger charge is -2.11. The second kappa shape index (κ2) is 5.85. The lowest BCUT2D eigenvalue weighted by Crippen LogP contribution is -2.13. The summed E-state index contributed by atoms with van der Waals surface area (Å²) < 4.78 is 5.36. The van der Waals surface area contributed by atoms with Crippen LogP contribution in [0, 0.1) is 6.92 Å². The van der Waals surface area contributed by atoms with Crippen molar-refractivity contribution in [1.82, 2.24) is 4.98 Å². The molecule has 0 aliphatic carbocycles. The van der Waals surface area contributed by atoms with Gasteiger partial charge in [0.15, 0.2) is 0 Å². The van der Waals surface area contributed by atoms with E-state index in [1.807, 2.05) is 49.4 Å². The van der Waals surface area contributed by atoms with Gasteiger partial charge in [0, 0.05) is 17.6 Å². The zero-order chi connectivity index (χ0) is 15.5. The molecule has 3 aromatic rings. The molecule has 1 aromatic heterocycles. The normalized spacial score (nSPS) is 10.5. The number of carbonyl (C=O) groups excluding carboxylic acids is 1. The Kier molecular flexibility index (Phi) is 3.74. The second-order valence-electron chi connectivity index (χ2n) is 5.04. The van der Waals surface area contributed by atoms with Crippen LogP contribution in [0.2, 0.25) is 0 Å². The van der Waals surface area contributed by atoms with Crippen LogP contribution in [-0.2, 0) is 0 Å². The predicted octanol–water partition coefficient (Wildman–Crippen LogP) is 3.80. The van der Waals surface area contributed by atoms with Crippen LogP contribution in [0.1, 0.15) is 16.1 Å². The third-order valence-electron chi connectivity index (χ3n) is 3.47. The summed E-state index contributed by atoms with van der Waals surface area (Å²) in [5.41, 5.74) is 2.08. The largest absolute Gasteiger partial charge is 0.496 e. The van der Waals surface area contributed by atoms with Crippen molar-refractivity contribution in [3.05, 3.63) is 66.0 Å². The number of benzene rings is 2. The monoisotopic (exact) mass is 292 g/mol. The Morgan fingerprint density at radius 3 is 2.50 bits per heavy atom. The Labute approximate surface area is 128 Å². The molecule has 1 amide bonds. The number of methoxy groups -OCH3 is 1. The van der Waals surface area contributed by atoms with E-state index in [1.54, 1.807) is 19.4 Å². The van der Waals surface area contributed by atoms with E-state index in [0.29, 0.717) is 17.0 Å². The Hall–Kier alpha value is -2.88. The fraction of sp³-hybridized carbons (Fsp3) is 0.111. The SMILES string of the molecule is COc1cc2ccccc2cc1C(=O)Nc1ccnc(C)c1. The van der Waals surface area contributed by atoms with Crippen LogP contribution >= 0.6 is 0 Å². The molecule has 0 aliphatic rings. The smallest absolute Gasteiger partial charge is 0.259 e. The van der Waals surface area contributed by atoms with Crippen LogP contribution in [0.5, 0.6) is 5.75 Å². The van der Waals surface area contributed by atoms with Crippen LogP contribution in [0.15, 0.2) is 54.7 Å². The van der Waals surface area contributed by atoms with Crippen molar-refractivity contribution in [2.45, 2.75) is 6.92 Å². The molecule has 0 saturated heterocycles. The molecule has 2 aromatic carbocycles. The molecule has 1 N–H and O–H groups in total. The Balaban J connectivity index is 1.99. The number of hydrogen-bond acceptors (Lipinski definition) is 3. The molecule has 0 fully saturated rings. The first-order chi connectivity index (χ1) is 10.7. The molecule has 0 atom stereocenters. The lowest BCUT2D eigenvalue weighted by atomic mass is 10.1. The maximum atomic E-state index is 12.5. The van der Waals surface area contributed by atoms with Crippen LogP contribution in [0.3, 0.4) is 0 Å². The summed E-state index contributed by atoms with van der Waals surface area (Å²) in [7, 11) is 1.57. The first-order valence-corrected chi connectivity index (χ1v) is 6.98. The Bertz CT molecular complexity index is 843. The maximum absolute atomic E-state index is 12.5. The van der Waals surface area contributed by atoms with Crippen molar-refractivity contribution in [3.8, 4) is 5.75 Å². The molecule has 0 saturated carbocycles. The van der Waals surface area contributed by atoms with Gasteiger partial charge in [0.1, 0.15) is 5.75 Å². The highest BCUT2D eigenvalue weighted by atomic mass is 16.5. The molecule has 4 heteroatoms. The average Bonchev–Trinajstić information content (AvgIpc) is 2.53. The summed E-state index contributed by atoms with van der Waals surface area (Å²) in [6.45, 7) is 1.88. The van der Waals surface area contributed by atoms with Gasteiger partial charge in [-0.25, -0.2) is 0 Å². The van der Waals surface area contributed by atoms with E-state index in [9.17, 15) is 4.79 Å². The number of ether oxygens (including phenoxy) is 1. The minimum atomic E-state index is -0.201. The predicted molar refractivity (Wildman–Crippen MR) is 87.4 cm³/mol. The third-order valence-corrected chi connectivity index (χ3v) is 3.47. The fourth-order valence-corrected chi connectivity index (χ4v) is 2.39. The number of fused-ring (bicyclic) bond motifs is 1. The molecular weight excluding hydrogens is 276 g/mol. The van der Waals surface area contributed by atoms with E-state index in [4.69, 9.17) is 4.74 Å². The van der Waals surface area contributed by atoms with Crippen molar-refractivity contribution < 1.29 is 9.53 Å². The van der Waals surface area contributed by atoms with Gasteiger partial charge < -0.3 is 10.1 Å². The molecule has 0 bridgehead atoms. The number of carbonyl (C=O) groups is 1. The fourth-order valence-electron chi connectivity index (χ4n) is 2.39. The number of anilines is 1. The third kappa shape index (κ3) is 2.76. The minimum absolute atomic E-state index is 0.201. The van der Waals surface area contributed by atoms with Gasteiger partial charge in [-0.3, -0.25) is 9.78 Å². The Morgan fingerprint density at radius 2 is 1.82 bits per heavy atom. The van der Waals surface area contributed by atoms with Gasteiger partial charge in [0.05, 0.1) is 12.7 Å². The van der Waals surface area contributed by atoms with Crippen LogP contribution < -0.4 is 10.1 Å². The average molecular weight is 292 g/mol. The number of aromatic nitrogens is 1. The summed E-state index contributed by atoms with van der Waals surface area (Å²) >= 11 is 0. The van der Waals surface area contributed by atoms with Crippen LogP contribution in [0.4, 0.5) is 5.69 Å². The molecule has 22 heavy (non-hydrogen) atoms. The minimum Gasteiger partial charge on any atom is -0.496 e. The molecule has 110 valence electrons. The zero-order valence-corrected chi connectivity index (χ0v) is 12.5. The number of amides is 1. The highest BCUT2D eigenvalue weighted by Gasteiger charge is 2.14. The van der Waals surface area contributed by atoms with Crippen molar-refractivity contribution >= 4 is 22.4 Å². The molecule has 0 unspecified atom stereocenters. The van der Waals surface area contributed by atoms with E-state index >= 15 is 0 Å². The van der Waals surface area contributed by atoms with Gasteiger partial charge >= 0.3 is 0 Å². The highest BCUT2D eigenvalue weighted by Crippen LogP contribution is 2.26. The van der Waals surface area contributed by atoms with E-state index < -0.39 is 0 Å². The molecule has 3 rings (SSSR count). The van der Waals surface area contributed by atoms with E-state index in [-0.39, 0.29) is 5.91 Å². The summed E-state index contributed by atoms with van der Waals surface area (Å²) in [5, 5.41) is 4.92. The first-order valence-electron chi connectivity index (χ1n) is 6.98. The standard InChI is InChI=1S/C18H16N2O2/c1-12-9-15(7-8-19-12)20-18(21)16-10-13-5-3-4-6-14(13)11-17(16)22-2/h3-11H,1-2H3,(H,19,20,21). The van der Waals surface area contributed by atoms with Crippen molar-refractivity contribution in [3.63, 3.8) is 0 Å². The summed E-state index contributed by atoms with van der Waals surface area (Å²) in [6, 6.07) is 15.2. The first kappa shape index (κ1) is 14.1. The maximum Gasteiger partial charge on any atom is 0.259 e. The topological polar surface area (TPSA) is 51.2 Å². The van der Waals surface area contributed by atoms with Crippen LogP contribution in [-0.4, -0.2) is 18.0 Å². The number of hydrogen-bond donors (Lipinski definition) is 1. The van der Waals surface area contributed by atoms with Gasteiger partial charge in [-0.05, 0) is 42.0 Å². The number of rotatable bonds is 3. The van der Waals surface area contributed by atoms with Crippen molar-refractivity contribution in [2.75, 3.05) is 12.4 Å². The van der Waals surface area contributed by atoms with Gasteiger partial charge in [-0.1, -0.05) is 24.3 Å². The van der Waals surface area contributed by atoms with Gasteiger partial charge in [0.25, 0.3) is 5.91 Å². The number of nitrogens with one attached hydrogen (secondary N) is 1. The van der Waals surface area contributed by atoms with Crippen molar-refractivity contribution in [2.24, 2.45) is 0 Å².